The van der Waals surface area contributed by atoms with Gasteiger partial charge in [-0.25, -0.2) is 0 Å². The molecule has 0 saturated heterocycles. The summed E-state index contributed by atoms with van der Waals surface area (Å²) in [6.07, 6.45) is 0.217. The van der Waals surface area contributed by atoms with Crippen molar-refractivity contribution in [2.45, 2.75) is 20.0 Å². The van der Waals surface area contributed by atoms with Gasteiger partial charge in [-0.15, -0.1) is 0 Å². The average molecular weight is 424 g/mol. The summed E-state index contributed by atoms with van der Waals surface area (Å²) in [5.41, 5.74) is 1.43. The lowest BCUT2D eigenvalue weighted by Gasteiger charge is -2.30. The fourth-order valence-corrected chi connectivity index (χ4v) is 3.86. The molecule has 154 valence electrons. The molecule has 0 spiro atoms. The molecular formula is C21H22BClF3NO2. The van der Waals surface area contributed by atoms with E-state index < -0.39 is 34.4 Å². The molecule has 2 atom stereocenters. The van der Waals surface area contributed by atoms with Crippen LogP contribution < -0.4 is 0 Å². The Kier molecular flexibility index (Phi) is 5.90. The average Bonchev–Trinajstić information content (AvgIpc) is 3.20. The van der Waals surface area contributed by atoms with Gasteiger partial charge < -0.3 is 9.55 Å². The third kappa shape index (κ3) is 4.55. The zero-order valence-electron chi connectivity index (χ0n) is 16.4. The molecule has 1 aromatic rings. The SMILES string of the molecule is CN1B(COC(=O)C2[C@@H](/C=C(\Cl)C(F)(F)F)C2(C)C)C=CC=C1c1ccccc1. The molecule has 1 aromatic carbocycles. The maximum atomic E-state index is 12.7. The van der Waals surface area contributed by atoms with Gasteiger partial charge in [0.05, 0.1) is 12.4 Å². The largest absolute Gasteiger partial charge is 0.471 e. The lowest BCUT2D eigenvalue weighted by atomic mass is 9.59. The molecule has 0 aromatic heterocycles. The Bertz CT molecular complexity index is 864. The van der Waals surface area contributed by atoms with Gasteiger partial charge in [-0.1, -0.05) is 73.9 Å². The van der Waals surface area contributed by atoms with Crippen molar-refractivity contribution < 1.29 is 22.7 Å². The summed E-state index contributed by atoms with van der Waals surface area (Å²) in [4.78, 5) is 14.5. The van der Waals surface area contributed by atoms with Gasteiger partial charge in [-0.2, -0.15) is 13.2 Å². The predicted molar refractivity (Wildman–Crippen MR) is 109 cm³/mol. The third-order valence-corrected chi connectivity index (χ3v) is 6.03. The topological polar surface area (TPSA) is 29.5 Å². The molecule has 0 bridgehead atoms. The van der Waals surface area contributed by atoms with Crippen molar-refractivity contribution in [3.8, 4) is 0 Å². The van der Waals surface area contributed by atoms with Gasteiger partial charge >= 0.3 is 19.0 Å². The molecule has 0 radical (unpaired) electrons. The first-order valence-electron chi connectivity index (χ1n) is 9.31. The summed E-state index contributed by atoms with van der Waals surface area (Å²) < 4.78 is 43.6. The van der Waals surface area contributed by atoms with Crippen LogP contribution in [0.1, 0.15) is 19.4 Å². The van der Waals surface area contributed by atoms with E-state index in [4.69, 9.17) is 16.3 Å². The maximum absolute atomic E-state index is 12.7. The number of benzene rings is 1. The van der Waals surface area contributed by atoms with Crippen molar-refractivity contribution in [1.29, 1.82) is 0 Å². The normalized spacial score (nSPS) is 23.7. The van der Waals surface area contributed by atoms with Crippen LogP contribution in [0.15, 0.2) is 59.6 Å². The predicted octanol–water partition coefficient (Wildman–Crippen LogP) is 5.10. The van der Waals surface area contributed by atoms with Crippen molar-refractivity contribution >= 4 is 30.1 Å². The minimum absolute atomic E-state index is 0.117. The first-order chi connectivity index (χ1) is 13.5. The lowest BCUT2D eigenvalue weighted by Crippen LogP contribution is -2.40. The lowest BCUT2D eigenvalue weighted by molar-refractivity contribution is -0.144. The monoisotopic (exact) mass is 423 g/mol. The van der Waals surface area contributed by atoms with Crippen LogP contribution in [0.5, 0.6) is 0 Å². The third-order valence-electron chi connectivity index (χ3n) is 5.69. The highest BCUT2D eigenvalue weighted by Crippen LogP contribution is 2.60. The number of carbonyl (C=O) groups is 1. The molecule has 3 rings (SSSR count). The fourth-order valence-electron chi connectivity index (χ4n) is 3.72. The molecule has 1 heterocycles. The van der Waals surface area contributed by atoms with Crippen LogP contribution in [-0.2, 0) is 9.53 Å². The Hall–Kier alpha value is -2.15. The first kappa shape index (κ1) is 21.6. The van der Waals surface area contributed by atoms with Gasteiger partial charge in [0.15, 0.2) is 0 Å². The first-order valence-corrected chi connectivity index (χ1v) is 9.69. The molecule has 0 N–H and O–H groups in total. The molecule has 3 nitrogen and oxygen atoms in total. The smallest absolute Gasteiger partial charge is 0.426 e. The van der Waals surface area contributed by atoms with E-state index in [-0.39, 0.29) is 13.4 Å². The van der Waals surface area contributed by atoms with Gasteiger partial charge in [0.25, 0.3) is 0 Å². The Balaban J connectivity index is 1.61. The van der Waals surface area contributed by atoms with E-state index in [9.17, 15) is 18.0 Å². The van der Waals surface area contributed by atoms with Crippen molar-refractivity contribution in [3.05, 3.63) is 65.1 Å². The van der Waals surface area contributed by atoms with E-state index in [1.807, 2.05) is 60.3 Å². The van der Waals surface area contributed by atoms with Crippen LogP contribution in [0.2, 0.25) is 0 Å². The zero-order chi connectivity index (χ0) is 21.4. The Morgan fingerprint density at radius 2 is 1.97 bits per heavy atom. The summed E-state index contributed by atoms with van der Waals surface area (Å²) >= 11 is 5.34. The number of hydrogen-bond donors (Lipinski definition) is 0. The minimum Gasteiger partial charge on any atom is -0.471 e. The molecule has 1 fully saturated rings. The van der Waals surface area contributed by atoms with Crippen LogP contribution in [0.4, 0.5) is 13.2 Å². The van der Waals surface area contributed by atoms with E-state index in [1.54, 1.807) is 13.8 Å². The summed E-state index contributed by atoms with van der Waals surface area (Å²) in [6, 6.07) is 9.84. The van der Waals surface area contributed by atoms with Crippen molar-refractivity contribution in [2.24, 2.45) is 17.3 Å². The van der Waals surface area contributed by atoms with E-state index in [0.29, 0.717) is 0 Å². The van der Waals surface area contributed by atoms with E-state index >= 15 is 0 Å². The van der Waals surface area contributed by atoms with E-state index in [0.717, 1.165) is 17.3 Å². The maximum Gasteiger partial charge on any atom is 0.426 e. The second-order valence-corrected chi connectivity index (χ2v) is 8.36. The highest BCUT2D eigenvalue weighted by Gasteiger charge is 2.62. The number of esters is 1. The van der Waals surface area contributed by atoms with Crippen LogP contribution in [0.25, 0.3) is 5.70 Å². The van der Waals surface area contributed by atoms with Crippen molar-refractivity contribution in [1.82, 2.24) is 4.81 Å². The second kappa shape index (κ2) is 7.94. The zero-order valence-corrected chi connectivity index (χ0v) is 17.2. The molecule has 8 heteroatoms. The van der Waals surface area contributed by atoms with Gasteiger partial charge in [0.1, 0.15) is 5.03 Å². The molecule has 1 saturated carbocycles. The number of allylic oxidation sites excluding steroid dienone is 4. The molecule has 1 aliphatic carbocycles. The Morgan fingerprint density at radius 1 is 1.31 bits per heavy atom. The number of halogens is 4. The van der Waals surface area contributed by atoms with E-state index in [2.05, 4.69) is 0 Å². The molecule has 2 aliphatic rings. The van der Waals surface area contributed by atoms with Gasteiger partial charge in [-0.3, -0.25) is 4.79 Å². The molecule has 1 unspecified atom stereocenters. The number of rotatable bonds is 5. The van der Waals surface area contributed by atoms with Gasteiger partial charge in [0, 0.05) is 5.70 Å². The van der Waals surface area contributed by atoms with Crippen LogP contribution >= 0.6 is 11.6 Å². The van der Waals surface area contributed by atoms with Crippen molar-refractivity contribution in [2.75, 3.05) is 13.6 Å². The number of ether oxygens (including phenoxy) is 1. The van der Waals surface area contributed by atoms with Crippen molar-refractivity contribution in [3.63, 3.8) is 0 Å². The van der Waals surface area contributed by atoms with E-state index in [1.165, 1.54) is 0 Å². The molecule has 29 heavy (non-hydrogen) atoms. The standard InChI is InChI=1S/C21H22BClF3NO2/c1-20(2)15(12-17(23)21(24,25)26)18(20)19(28)29-13-22-11-7-10-16(27(22)3)14-8-5-4-6-9-14/h4-12,15,18H,13H2,1-3H3/b17-12-/t15-,18?/m1/s1. The summed E-state index contributed by atoms with van der Waals surface area (Å²) in [7, 11) is 1.91. The quantitative estimate of drug-likeness (QED) is 0.487. The second-order valence-electron chi connectivity index (χ2n) is 7.95. The Labute approximate surface area is 174 Å². The number of hydrogen-bond acceptors (Lipinski definition) is 3. The summed E-state index contributed by atoms with van der Waals surface area (Å²) in [5.74, 6) is 0.194. The Morgan fingerprint density at radius 3 is 2.59 bits per heavy atom. The summed E-state index contributed by atoms with van der Waals surface area (Å²) in [6.45, 7) is 3.44. The van der Waals surface area contributed by atoms with Crippen LogP contribution in [-0.4, -0.2) is 37.4 Å². The molecular weight excluding hydrogens is 401 g/mol. The van der Waals surface area contributed by atoms with Crippen LogP contribution in [0, 0.1) is 17.3 Å². The highest BCUT2D eigenvalue weighted by atomic mass is 35.5. The number of nitrogens with zero attached hydrogens (tertiary/aromatic N) is 1. The number of carbonyl (C=O) groups excluding carboxylic acids is 1. The van der Waals surface area contributed by atoms with Gasteiger partial charge in [0.2, 0.25) is 0 Å². The molecule has 0 amide bonds. The number of alkyl halides is 3. The van der Waals surface area contributed by atoms with Gasteiger partial charge in [-0.05, 0) is 30.0 Å². The summed E-state index contributed by atoms with van der Waals surface area (Å²) in [5, 5.41) is -1.20. The minimum atomic E-state index is -4.61. The van der Waals surface area contributed by atoms with Crippen LogP contribution in [0.3, 0.4) is 0 Å². The molecule has 1 aliphatic heterocycles. The highest BCUT2D eigenvalue weighted by molar-refractivity contribution is 6.63. The fraction of sp³-hybridized carbons (Fsp3) is 0.381.